The molecule has 0 aliphatic carbocycles. The Morgan fingerprint density at radius 3 is 2.13 bits per heavy atom. The van der Waals surface area contributed by atoms with Gasteiger partial charge in [0, 0.05) is 12.0 Å². The van der Waals surface area contributed by atoms with Crippen molar-refractivity contribution >= 4 is 20.0 Å². The number of rotatable bonds is 7. The van der Waals surface area contributed by atoms with Crippen LogP contribution in [-0.2, 0) is 24.1 Å². The lowest BCUT2D eigenvalue weighted by Crippen LogP contribution is -2.12. The highest BCUT2D eigenvalue weighted by Gasteiger charge is 2.10. The monoisotopic (exact) mass is 254 g/mol. The first-order valence-electron chi connectivity index (χ1n) is 4.25. The van der Waals surface area contributed by atoms with Gasteiger partial charge in [0.05, 0.1) is 5.75 Å². The van der Waals surface area contributed by atoms with Crippen molar-refractivity contribution in [1.29, 1.82) is 0 Å². The normalized spacial score (nSPS) is 12.3. The SMILES string of the molecule is C#CCOS(=O)(=O)CCCCS(C)(=O)=O. The lowest BCUT2D eigenvalue weighted by atomic mass is 10.4. The van der Waals surface area contributed by atoms with E-state index in [9.17, 15) is 16.8 Å². The summed E-state index contributed by atoms with van der Waals surface area (Å²) in [6, 6.07) is 0. The second-order valence-electron chi connectivity index (χ2n) is 3.07. The Labute approximate surface area is 90.9 Å². The summed E-state index contributed by atoms with van der Waals surface area (Å²) in [5.74, 6) is 1.82. The van der Waals surface area contributed by atoms with Gasteiger partial charge in [0.15, 0.2) is 0 Å². The standard InChI is InChI=1S/C8H14O5S2/c1-3-6-13-15(11,12)8-5-4-7-14(2,9)10/h1H,4-8H2,2H3. The van der Waals surface area contributed by atoms with Crippen LogP contribution in [0.4, 0.5) is 0 Å². The number of terminal acetylenes is 1. The van der Waals surface area contributed by atoms with Crippen LogP contribution in [0.3, 0.4) is 0 Å². The Balaban J connectivity index is 3.83. The fourth-order valence-electron chi connectivity index (χ4n) is 0.826. The molecule has 0 aliphatic rings. The number of hydrogen-bond donors (Lipinski definition) is 0. The van der Waals surface area contributed by atoms with Gasteiger partial charge in [-0.25, -0.2) is 8.42 Å². The van der Waals surface area contributed by atoms with E-state index < -0.39 is 20.0 Å². The van der Waals surface area contributed by atoms with Gasteiger partial charge in [-0.15, -0.1) is 6.42 Å². The van der Waals surface area contributed by atoms with Crippen LogP contribution >= 0.6 is 0 Å². The third-order valence-electron chi connectivity index (χ3n) is 1.48. The molecule has 0 unspecified atom stereocenters. The van der Waals surface area contributed by atoms with Gasteiger partial charge in [-0.3, -0.25) is 4.18 Å². The zero-order chi connectivity index (χ0) is 11.9. The molecule has 0 aromatic carbocycles. The third-order valence-corrected chi connectivity index (χ3v) is 3.78. The minimum absolute atomic E-state index is 0.0162. The van der Waals surface area contributed by atoms with Crippen molar-refractivity contribution in [2.45, 2.75) is 12.8 Å². The zero-order valence-corrected chi connectivity index (χ0v) is 10.1. The van der Waals surface area contributed by atoms with E-state index in [2.05, 4.69) is 4.18 Å². The summed E-state index contributed by atoms with van der Waals surface area (Å²) in [6.07, 6.45) is 6.49. The first-order chi connectivity index (χ1) is 6.77. The minimum atomic E-state index is -3.60. The van der Waals surface area contributed by atoms with Crippen molar-refractivity contribution in [2.75, 3.05) is 24.4 Å². The maximum absolute atomic E-state index is 11.0. The molecule has 7 heteroatoms. The molecule has 0 aromatic rings. The molecule has 88 valence electrons. The van der Waals surface area contributed by atoms with Crippen molar-refractivity contribution in [1.82, 2.24) is 0 Å². The van der Waals surface area contributed by atoms with Crippen LogP contribution in [-0.4, -0.2) is 41.2 Å². The molecule has 0 radical (unpaired) electrons. The van der Waals surface area contributed by atoms with E-state index in [1.54, 1.807) is 0 Å². The molecule has 15 heavy (non-hydrogen) atoms. The molecule has 0 bridgehead atoms. The molecule has 0 saturated heterocycles. The Morgan fingerprint density at radius 1 is 1.13 bits per heavy atom. The van der Waals surface area contributed by atoms with E-state index in [4.69, 9.17) is 6.42 Å². The van der Waals surface area contributed by atoms with Gasteiger partial charge in [0.1, 0.15) is 16.4 Å². The molecule has 0 heterocycles. The minimum Gasteiger partial charge on any atom is -0.257 e. The van der Waals surface area contributed by atoms with Crippen molar-refractivity contribution < 1.29 is 21.0 Å². The Hall–Kier alpha value is -0.580. The predicted molar refractivity (Wildman–Crippen MR) is 57.5 cm³/mol. The molecule has 0 saturated carbocycles. The number of unbranched alkanes of at least 4 members (excludes halogenated alkanes) is 1. The summed E-state index contributed by atoms with van der Waals surface area (Å²) >= 11 is 0. The molecule has 0 rings (SSSR count). The van der Waals surface area contributed by atoms with E-state index in [0.717, 1.165) is 6.26 Å². The van der Waals surface area contributed by atoms with Crippen LogP contribution in [0, 0.1) is 12.3 Å². The summed E-state index contributed by atoms with van der Waals surface area (Å²) in [5.41, 5.74) is 0. The van der Waals surface area contributed by atoms with Crippen LogP contribution in [0.2, 0.25) is 0 Å². The van der Waals surface area contributed by atoms with E-state index in [0.29, 0.717) is 6.42 Å². The molecule has 0 atom stereocenters. The van der Waals surface area contributed by atoms with Crippen LogP contribution in [0.5, 0.6) is 0 Å². The first kappa shape index (κ1) is 14.4. The van der Waals surface area contributed by atoms with E-state index in [1.165, 1.54) is 0 Å². The van der Waals surface area contributed by atoms with Gasteiger partial charge >= 0.3 is 0 Å². The van der Waals surface area contributed by atoms with Gasteiger partial charge in [0.25, 0.3) is 10.1 Å². The van der Waals surface area contributed by atoms with Crippen LogP contribution in [0.15, 0.2) is 0 Å². The Morgan fingerprint density at radius 2 is 1.67 bits per heavy atom. The summed E-state index contributed by atoms with van der Waals surface area (Å²) < 4.78 is 47.9. The van der Waals surface area contributed by atoms with Crippen molar-refractivity contribution in [3.05, 3.63) is 0 Å². The van der Waals surface area contributed by atoms with Gasteiger partial charge in [-0.2, -0.15) is 8.42 Å². The predicted octanol–water partition coefficient (Wildman–Crippen LogP) is -0.209. The maximum Gasteiger partial charge on any atom is 0.268 e. The van der Waals surface area contributed by atoms with Crippen LogP contribution in [0.25, 0.3) is 0 Å². The summed E-state index contributed by atoms with van der Waals surface area (Å²) in [7, 11) is -6.63. The van der Waals surface area contributed by atoms with Crippen molar-refractivity contribution in [3.63, 3.8) is 0 Å². The molecule has 0 amide bonds. The fourth-order valence-corrected chi connectivity index (χ4v) is 2.48. The van der Waals surface area contributed by atoms with Crippen molar-refractivity contribution in [2.24, 2.45) is 0 Å². The highest BCUT2D eigenvalue weighted by atomic mass is 32.2. The van der Waals surface area contributed by atoms with Gasteiger partial charge < -0.3 is 0 Å². The van der Waals surface area contributed by atoms with E-state index in [-0.39, 0.29) is 24.5 Å². The maximum atomic E-state index is 11.0. The third kappa shape index (κ3) is 9.72. The molecule has 0 aromatic heterocycles. The molecular formula is C8H14O5S2. The quantitative estimate of drug-likeness (QED) is 0.357. The molecule has 0 fully saturated rings. The zero-order valence-electron chi connectivity index (χ0n) is 8.47. The van der Waals surface area contributed by atoms with Crippen molar-refractivity contribution in [3.8, 4) is 12.3 Å². The average molecular weight is 254 g/mol. The summed E-state index contributed by atoms with van der Waals surface area (Å²) in [5, 5.41) is 0. The lowest BCUT2D eigenvalue weighted by molar-refractivity contribution is 0.362. The van der Waals surface area contributed by atoms with Gasteiger partial charge in [-0.05, 0) is 12.8 Å². The lowest BCUT2D eigenvalue weighted by Gasteiger charge is -2.02. The second kappa shape index (κ2) is 6.10. The topological polar surface area (TPSA) is 77.5 Å². The van der Waals surface area contributed by atoms with E-state index >= 15 is 0 Å². The molecule has 0 aliphatic heterocycles. The molecule has 0 N–H and O–H groups in total. The number of hydrogen-bond acceptors (Lipinski definition) is 5. The fraction of sp³-hybridized carbons (Fsp3) is 0.750. The first-order valence-corrected chi connectivity index (χ1v) is 7.89. The second-order valence-corrected chi connectivity index (χ2v) is 7.08. The highest BCUT2D eigenvalue weighted by Crippen LogP contribution is 2.01. The Kier molecular flexibility index (Phi) is 5.87. The van der Waals surface area contributed by atoms with Crippen LogP contribution < -0.4 is 0 Å². The smallest absolute Gasteiger partial charge is 0.257 e. The van der Waals surface area contributed by atoms with Gasteiger partial charge in [-0.1, -0.05) is 5.92 Å². The van der Waals surface area contributed by atoms with Gasteiger partial charge in [0.2, 0.25) is 0 Å². The van der Waals surface area contributed by atoms with E-state index in [1.807, 2.05) is 5.92 Å². The molecule has 5 nitrogen and oxygen atoms in total. The highest BCUT2D eigenvalue weighted by molar-refractivity contribution is 7.90. The Bertz CT molecular complexity index is 412. The summed E-state index contributed by atoms with van der Waals surface area (Å²) in [6.45, 7) is -0.283. The number of sulfone groups is 1. The van der Waals surface area contributed by atoms with Crippen LogP contribution in [0.1, 0.15) is 12.8 Å². The molecule has 0 spiro atoms. The summed E-state index contributed by atoms with van der Waals surface area (Å²) in [4.78, 5) is 0. The molecular weight excluding hydrogens is 240 g/mol. The largest absolute Gasteiger partial charge is 0.268 e. The average Bonchev–Trinajstić information content (AvgIpc) is 2.08.